The molecule has 120 valence electrons. The highest BCUT2D eigenvalue weighted by Gasteiger charge is 2.30. The van der Waals surface area contributed by atoms with Crippen molar-refractivity contribution in [3.05, 3.63) is 29.0 Å². The van der Waals surface area contributed by atoms with E-state index in [-0.39, 0.29) is 29.1 Å². The van der Waals surface area contributed by atoms with Crippen LogP contribution in [0.2, 0.25) is 0 Å². The molecule has 2 heterocycles. The minimum absolute atomic E-state index is 0.000290. The molecule has 9 heteroatoms. The SMILES string of the molecule is COC(=O)c1ccsc1NC(=O)c1coc(NC(=O)C2CC2)n1. The molecule has 3 rings (SSSR count). The second-order valence-electron chi connectivity index (χ2n) is 4.91. The molecular weight excluding hydrogens is 322 g/mol. The van der Waals surface area contributed by atoms with Gasteiger partial charge in [0.25, 0.3) is 5.91 Å². The molecule has 2 aromatic heterocycles. The predicted octanol–water partition coefficient (Wildman–Crippen LogP) is 2.12. The summed E-state index contributed by atoms with van der Waals surface area (Å²) >= 11 is 1.18. The summed E-state index contributed by atoms with van der Waals surface area (Å²) < 4.78 is 9.69. The highest BCUT2D eigenvalue weighted by Crippen LogP contribution is 2.30. The molecule has 2 amide bonds. The Morgan fingerprint density at radius 3 is 2.83 bits per heavy atom. The zero-order chi connectivity index (χ0) is 16.4. The number of rotatable bonds is 5. The zero-order valence-electron chi connectivity index (χ0n) is 12.1. The Bertz CT molecular complexity index is 762. The molecule has 23 heavy (non-hydrogen) atoms. The van der Waals surface area contributed by atoms with Gasteiger partial charge in [0.2, 0.25) is 5.91 Å². The molecule has 1 aliphatic rings. The average molecular weight is 335 g/mol. The van der Waals surface area contributed by atoms with Crippen LogP contribution in [0.1, 0.15) is 33.7 Å². The normalized spacial score (nSPS) is 13.4. The van der Waals surface area contributed by atoms with Gasteiger partial charge in [-0.15, -0.1) is 11.3 Å². The number of nitrogens with one attached hydrogen (secondary N) is 2. The van der Waals surface area contributed by atoms with Crippen molar-refractivity contribution >= 4 is 40.1 Å². The van der Waals surface area contributed by atoms with Crippen LogP contribution in [0.4, 0.5) is 11.0 Å². The van der Waals surface area contributed by atoms with Gasteiger partial charge in [0.1, 0.15) is 11.3 Å². The van der Waals surface area contributed by atoms with Crippen LogP contribution in [-0.2, 0) is 9.53 Å². The molecule has 0 atom stereocenters. The summed E-state index contributed by atoms with van der Waals surface area (Å²) in [6, 6.07) is 1.53. The molecule has 2 aromatic rings. The van der Waals surface area contributed by atoms with Crippen LogP contribution in [0.3, 0.4) is 0 Å². The molecule has 8 nitrogen and oxygen atoms in total. The van der Waals surface area contributed by atoms with Gasteiger partial charge >= 0.3 is 12.0 Å². The van der Waals surface area contributed by atoms with E-state index in [0.29, 0.717) is 5.00 Å². The Balaban J connectivity index is 1.66. The predicted molar refractivity (Wildman–Crippen MR) is 81.5 cm³/mol. The van der Waals surface area contributed by atoms with Crippen molar-refractivity contribution in [2.45, 2.75) is 12.8 Å². The summed E-state index contributed by atoms with van der Waals surface area (Å²) in [6.45, 7) is 0. The van der Waals surface area contributed by atoms with Gasteiger partial charge in [0.15, 0.2) is 5.69 Å². The fourth-order valence-electron chi connectivity index (χ4n) is 1.83. The van der Waals surface area contributed by atoms with Crippen molar-refractivity contribution < 1.29 is 23.5 Å². The number of esters is 1. The van der Waals surface area contributed by atoms with E-state index in [9.17, 15) is 14.4 Å². The minimum Gasteiger partial charge on any atom is -0.465 e. The first-order valence-corrected chi connectivity index (χ1v) is 7.70. The highest BCUT2D eigenvalue weighted by atomic mass is 32.1. The monoisotopic (exact) mass is 335 g/mol. The first-order valence-electron chi connectivity index (χ1n) is 6.82. The summed E-state index contributed by atoms with van der Waals surface area (Å²) in [5.41, 5.74) is 0.261. The van der Waals surface area contributed by atoms with Crippen molar-refractivity contribution in [2.24, 2.45) is 5.92 Å². The molecule has 1 aliphatic carbocycles. The van der Waals surface area contributed by atoms with E-state index >= 15 is 0 Å². The van der Waals surface area contributed by atoms with Crippen LogP contribution in [0, 0.1) is 5.92 Å². The fourth-order valence-corrected chi connectivity index (χ4v) is 2.60. The molecule has 0 spiro atoms. The summed E-state index contributed by atoms with van der Waals surface area (Å²) in [6.07, 6.45) is 2.85. The standard InChI is InChI=1S/C14H13N3O5S/c1-21-13(20)8-4-5-23-12(8)16-11(19)9-6-22-14(15-9)17-10(18)7-2-3-7/h4-7H,2-3H2,1H3,(H,16,19)(H,15,17,18). The van der Waals surface area contributed by atoms with Gasteiger partial charge in [-0.2, -0.15) is 4.98 Å². The first kappa shape index (κ1) is 15.2. The van der Waals surface area contributed by atoms with Gasteiger partial charge < -0.3 is 14.5 Å². The topological polar surface area (TPSA) is 111 Å². The fraction of sp³-hybridized carbons (Fsp3) is 0.286. The number of oxazole rings is 1. The Hall–Kier alpha value is -2.68. The van der Waals surface area contributed by atoms with Crippen LogP contribution in [0.15, 0.2) is 22.1 Å². The number of hydrogen-bond acceptors (Lipinski definition) is 7. The van der Waals surface area contributed by atoms with E-state index < -0.39 is 11.9 Å². The Morgan fingerprint density at radius 1 is 1.35 bits per heavy atom. The second kappa shape index (κ2) is 6.21. The van der Waals surface area contributed by atoms with E-state index in [4.69, 9.17) is 4.42 Å². The van der Waals surface area contributed by atoms with E-state index in [1.165, 1.54) is 18.4 Å². The molecule has 0 aliphatic heterocycles. The van der Waals surface area contributed by atoms with Crippen molar-refractivity contribution in [3.8, 4) is 0 Å². The van der Waals surface area contributed by atoms with Crippen LogP contribution in [0.5, 0.6) is 0 Å². The van der Waals surface area contributed by atoms with E-state index in [0.717, 1.165) is 19.1 Å². The minimum atomic E-state index is -0.548. The number of hydrogen-bond donors (Lipinski definition) is 2. The number of carbonyl (C=O) groups is 3. The third kappa shape index (κ3) is 3.39. The highest BCUT2D eigenvalue weighted by molar-refractivity contribution is 7.14. The Labute approximate surface area is 134 Å². The summed E-state index contributed by atoms with van der Waals surface area (Å²) in [5, 5.41) is 7.09. The molecule has 1 fully saturated rings. The Kier molecular flexibility index (Phi) is 4.11. The van der Waals surface area contributed by atoms with Gasteiger partial charge in [-0.05, 0) is 24.3 Å². The molecule has 2 N–H and O–H groups in total. The lowest BCUT2D eigenvalue weighted by molar-refractivity contribution is -0.117. The van der Waals surface area contributed by atoms with Crippen molar-refractivity contribution in [1.29, 1.82) is 0 Å². The molecular formula is C14H13N3O5S. The quantitative estimate of drug-likeness (QED) is 0.810. The maximum absolute atomic E-state index is 12.1. The van der Waals surface area contributed by atoms with Crippen LogP contribution < -0.4 is 10.6 Å². The van der Waals surface area contributed by atoms with Crippen molar-refractivity contribution in [2.75, 3.05) is 17.7 Å². The van der Waals surface area contributed by atoms with Gasteiger partial charge in [0, 0.05) is 5.92 Å². The number of anilines is 2. The third-order valence-corrected chi connectivity index (χ3v) is 4.04. The van der Waals surface area contributed by atoms with Crippen molar-refractivity contribution in [3.63, 3.8) is 0 Å². The average Bonchev–Trinajstić information content (AvgIpc) is 3.13. The summed E-state index contributed by atoms with van der Waals surface area (Å²) in [4.78, 5) is 39.2. The lowest BCUT2D eigenvalue weighted by Gasteiger charge is -2.02. The first-order chi connectivity index (χ1) is 11.1. The number of nitrogens with zero attached hydrogens (tertiary/aromatic N) is 1. The van der Waals surface area contributed by atoms with Gasteiger partial charge in [-0.25, -0.2) is 4.79 Å². The Morgan fingerprint density at radius 2 is 2.13 bits per heavy atom. The molecule has 0 unspecified atom stereocenters. The maximum atomic E-state index is 12.1. The number of carbonyl (C=O) groups excluding carboxylic acids is 3. The second-order valence-corrected chi connectivity index (χ2v) is 5.83. The number of thiophene rings is 1. The number of aromatic nitrogens is 1. The molecule has 0 bridgehead atoms. The van der Waals surface area contributed by atoms with Crippen LogP contribution in [-0.4, -0.2) is 29.9 Å². The van der Waals surface area contributed by atoms with Gasteiger partial charge in [-0.1, -0.05) is 0 Å². The largest absolute Gasteiger partial charge is 0.465 e. The van der Waals surface area contributed by atoms with Gasteiger partial charge in [-0.3, -0.25) is 14.9 Å². The summed E-state index contributed by atoms with van der Waals surface area (Å²) in [7, 11) is 1.26. The molecule has 1 saturated carbocycles. The lowest BCUT2D eigenvalue weighted by Crippen LogP contribution is -2.15. The lowest BCUT2D eigenvalue weighted by atomic mass is 10.3. The smallest absolute Gasteiger partial charge is 0.340 e. The zero-order valence-corrected chi connectivity index (χ0v) is 12.9. The molecule has 0 radical (unpaired) electrons. The molecule has 0 aromatic carbocycles. The number of methoxy groups -OCH3 is 1. The summed E-state index contributed by atoms with van der Waals surface area (Å²) in [5.74, 6) is -1.25. The van der Waals surface area contributed by atoms with Crippen LogP contribution in [0.25, 0.3) is 0 Å². The van der Waals surface area contributed by atoms with Gasteiger partial charge in [0.05, 0.1) is 12.7 Å². The number of ether oxygens (including phenoxy) is 1. The maximum Gasteiger partial charge on any atom is 0.340 e. The third-order valence-electron chi connectivity index (χ3n) is 3.21. The van der Waals surface area contributed by atoms with E-state index in [1.807, 2.05) is 0 Å². The number of amides is 2. The van der Waals surface area contributed by atoms with Crippen molar-refractivity contribution in [1.82, 2.24) is 4.98 Å². The van der Waals surface area contributed by atoms with E-state index in [1.54, 1.807) is 11.4 Å². The van der Waals surface area contributed by atoms with Crippen LogP contribution >= 0.6 is 11.3 Å². The molecule has 0 saturated heterocycles. The van der Waals surface area contributed by atoms with E-state index in [2.05, 4.69) is 20.4 Å².